The zero-order valence-corrected chi connectivity index (χ0v) is 12.6. The number of halogens is 1. The summed E-state index contributed by atoms with van der Waals surface area (Å²) in [5.41, 5.74) is 2.04. The van der Waals surface area contributed by atoms with Gasteiger partial charge >= 0.3 is 0 Å². The molecule has 0 spiro atoms. The van der Waals surface area contributed by atoms with Crippen LogP contribution in [0.15, 0.2) is 42.5 Å². The Labute approximate surface area is 128 Å². The molecule has 0 aromatic heterocycles. The molecule has 0 aliphatic heterocycles. The first kappa shape index (κ1) is 15.4. The molecule has 0 heterocycles. The molecule has 1 amide bonds. The first-order valence-electron chi connectivity index (χ1n) is 6.58. The van der Waals surface area contributed by atoms with Gasteiger partial charge in [0.2, 0.25) is 0 Å². The molecule has 0 radical (unpaired) electrons. The second-order valence-electron chi connectivity index (χ2n) is 4.75. The fraction of sp³-hybridized carbons (Fsp3) is 0.188. The molecule has 0 bridgehead atoms. The minimum Gasteiger partial charge on any atom is -0.508 e. The zero-order valence-electron chi connectivity index (χ0n) is 11.9. The third-order valence-corrected chi connectivity index (χ3v) is 3.63. The van der Waals surface area contributed by atoms with Crippen molar-refractivity contribution in [2.24, 2.45) is 0 Å². The first-order chi connectivity index (χ1) is 10.0. The number of aromatic hydroxyl groups is 1. The highest BCUT2D eigenvalue weighted by Crippen LogP contribution is 2.23. The lowest BCUT2D eigenvalue weighted by Crippen LogP contribution is -2.14. The molecule has 21 heavy (non-hydrogen) atoms. The van der Waals surface area contributed by atoms with E-state index in [-0.39, 0.29) is 23.3 Å². The lowest BCUT2D eigenvalue weighted by molar-refractivity contribution is 0.102. The summed E-state index contributed by atoms with van der Waals surface area (Å²) in [5.74, 6) is -0.354. The SMILES string of the molecule is CNC(C)c1ccc(NC(=O)c2cc(O)ccc2Cl)cc1. The van der Waals surface area contributed by atoms with Crippen LogP contribution in [0.3, 0.4) is 0 Å². The van der Waals surface area contributed by atoms with Crippen molar-refractivity contribution < 1.29 is 9.90 Å². The molecule has 2 rings (SSSR count). The molecule has 1 unspecified atom stereocenters. The maximum absolute atomic E-state index is 12.1. The Kier molecular flexibility index (Phi) is 4.83. The molecular weight excluding hydrogens is 288 g/mol. The van der Waals surface area contributed by atoms with Crippen LogP contribution < -0.4 is 10.6 Å². The Morgan fingerprint density at radius 2 is 1.86 bits per heavy atom. The fourth-order valence-electron chi connectivity index (χ4n) is 1.91. The summed E-state index contributed by atoms with van der Waals surface area (Å²) >= 11 is 5.96. The Hall–Kier alpha value is -2.04. The van der Waals surface area contributed by atoms with Crippen molar-refractivity contribution in [1.82, 2.24) is 5.32 Å². The van der Waals surface area contributed by atoms with Crippen LogP contribution in [-0.4, -0.2) is 18.1 Å². The van der Waals surface area contributed by atoms with Crippen molar-refractivity contribution in [2.75, 3.05) is 12.4 Å². The maximum atomic E-state index is 12.1. The normalized spacial score (nSPS) is 12.0. The largest absolute Gasteiger partial charge is 0.508 e. The summed E-state index contributed by atoms with van der Waals surface area (Å²) in [7, 11) is 1.89. The molecule has 3 N–H and O–H groups in total. The second-order valence-corrected chi connectivity index (χ2v) is 5.16. The number of rotatable bonds is 4. The van der Waals surface area contributed by atoms with Crippen molar-refractivity contribution in [2.45, 2.75) is 13.0 Å². The van der Waals surface area contributed by atoms with Crippen LogP contribution in [0.1, 0.15) is 28.9 Å². The number of phenols is 1. The van der Waals surface area contributed by atoms with Crippen LogP contribution in [0.25, 0.3) is 0 Å². The number of phenolic OH excluding ortho intramolecular Hbond substituents is 1. The van der Waals surface area contributed by atoms with E-state index in [0.717, 1.165) is 5.56 Å². The smallest absolute Gasteiger partial charge is 0.257 e. The number of nitrogens with one attached hydrogen (secondary N) is 2. The van der Waals surface area contributed by atoms with Crippen LogP contribution in [0.4, 0.5) is 5.69 Å². The van der Waals surface area contributed by atoms with Crippen LogP contribution in [0, 0.1) is 0 Å². The summed E-state index contributed by atoms with van der Waals surface area (Å²) in [4.78, 5) is 12.1. The van der Waals surface area contributed by atoms with Gasteiger partial charge in [-0.05, 0) is 49.9 Å². The van der Waals surface area contributed by atoms with Gasteiger partial charge in [0.05, 0.1) is 10.6 Å². The van der Waals surface area contributed by atoms with Gasteiger partial charge < -0.3 is 15.7 Å². The molecule has 2 aromatic rings. The predicted octanol–water partition coefficient (Wildman–Crippen LogP) is 3.58. The van der Waals surface area contributed by atoms with Gasteiger partial charge in [-0.15, -0.1) is 0 Å². The minimum absolute atomic E-state index is 0.00254. The van der Waals surface area contributed by atoms with E-state index in [2.05, 4.69) is 17.6 Å². The van der Waals surface area contributed by atoms with Gasteiger partial charge in [0, 0.05) is 11.7 Å². The Balaban J connectivity index is 2.14. The molecule has 0 fully saturated rings. The Morgan fingerprint density at radius 3 is 2.48 bits per heavy atom. The highest BCUT2D eigenvalue weighted by atomic mass is 35.5. The Morgan fingerprint density at radius 1 is 1.19 bits per heavy atom. The van der Waals surface area contributed by atoms with Gasteiger partial charge in [-0.25, -0.2) is 0 Å². The van der Waals surface area contributed by atoms with E-state index in [1.807, 2.05) is 31.3 Å². The second kappa shape index (κ2) is 6.61. The van der Waals surface area contributed by atoms with Gasteiger partial charge in [-0.3, -0.25) is 4.79 Å². The van der Waals surface area contributed by atoms with Crippen LogP contribution in [-0.2, 0) is 0 Å². The summed E-state index contributed by atoms with van der Waals surface area (Å²) < 4.78 is 0. The van der Waals surface area contributed by atoms with E-state index in [9.17, 15) is 9.90 Å². The predicted molar refractivity (Wildman–Crippen MR) is 85.0 cm³/mol. The van der Waals surface area contributed by atoms with Gasteiger partial charge in [0.25, 0.3) is 5.91 Å². The third kappa shape index (κ3) is 3.74. The molecule has 0 aliphatic rings. The molecule has 1 atom stereocenters. The molecule has 0 aliphatic carbocycles. The number of carbonyl (C=O) groups excluding carboxylic acids is 1. The minimum atomic E-state index is -0.356. The monoisotopic (exact) mass is 304 g/mol. The number of benzene rings is 2. The van der Waals surface area contributed by atoms with E-state index in [1.165, 1.54) is 18.2 Å². The van der Waals surface area contributed by atoms with E-state index < -0.39 is 0 Å². The van der Waals surface area contributed by atoms with Crippen LogP contribution in [0.2, 0.25) is 5.02 Å². The van der Waals surface area contributed by atoms with Gasteiger partial charge in [-0.1, -0.05) is 23.7 Å². The summed E-state index contributed by atoms with van der Waals surface area (Å²) in [6, 6.07) is 12.1. The van der Waals surface area contributed by atoms with Crippen LogP contribution in [0.5, 0.6) is 5.75 Å². The summed E-state index contributed by atoms with van der Waals surface area (Å²) in [5, 5.41) is 15.6. The van der Waals surface area contributed by atoms with Crippen molar-refractivity contribution in [3.8, 4) is 5.75 Å². The van der Waals surface area contributed by atoms with E-state index in [0.29, 0.717) is 10.7 Å². The Bertz CT molecular complexity index is 641. The van der Waals surface area contributed by atoms with Gasteiger partial charge in [0.15, 0.2) is 0 Å². The average Bonchev–Trinajstić information content (AvgIpc) is 2.49. The zero-order chi connectivity index (χ0) is 15.4. The average molecular weight is 305 g/mol. The van der Waals surface area contributed by atoms with E-state index in [1.54, 1.807) is 0 Å². The first-order valence-corrected chi connectivity index (χ1v) is 6.96. The number of hydrogen-bond acceptors (Lipinski definition) is 3. The third-order valence-electron chi connectivity index (χ3n) is 3.30. The fourth-order valence-corrected chi connectivity index (χ4v) is 2.11. The number of amides is 1. The number of hydrogen-bond donors (Lipinski definition) is 3. The molecule has 0 saturated carbocycles. The highest BCUT2D eigenvalue weighted by Gasteiger charge is 2.12. The summed E-state index contributed by atoms with van der Waals surface area (Å²) in [6.07, 6.45) is 0. The highest BCUT2D eigenvalue weighted by molar-refractivity contribution is 6.34. The number of anilines is 1. The molecule has 0 saturated heterocycles. The van der Waals surface area contributed by atoms with Crippen molar-refractivity contribution in [3.05, 3.63) is 58.6 Å². The molecule has 4 nitrogen and oxygen atoms in total. The van der Waals surface area contributed by atoms with Crippen molar-refractivity contribution in [1.29, 1.82) is 0 Å². The lowest BCUT2D eigenvalue weighted by Gasteiger charge is -2.12. The topological polar surface area (TPSA) is 61.4 Å². The maximum Gasteiger partial charge on any atom is 0.257 e. The molecule has 5 heteroatoms. The summed E-state index contributed by atoms with van der Waals surface area (Å²) in [6.45, 7) is 2.06. The quantitative estimate of drug-likeness (QED) is 0.809. The van der Waals surface area contributed by atoms with Crippen molar-refractivity contribution in [3.63, 3.8) is 0 Å². The van der Waals surface area contributed by atoms with E-state index in [4.69, 9.17) is 11.6 Å². The van der Waals surface area contributed by atoms with Gasteiger partial charge in [-0.2, -0.15) is 0 Å². The molecule has 110 valence electrons. The van der Waals surface area contributed by atoms with Crippen molar-refractivity contribution >= 4 is 23.2 Å². The number of carbonyl (C=O) groups is 1. The van der Waals surface area contributed by atoms with Crippen LogP contribution >= 0.6 is 11.6 Å². The van der Waals surface area contributed by atoms with Gasteiger partial charge in [0.1, 0.15) is 5.75 Å². The standard InChI is InChI=1S/C16H17ClN2O2/c1-10(18-2)11-3-5-12(6-4-11)19-16(21)14-9-13(20)7-8-15(14)17/h3-10,18,20H,1-2H3,(H,19,21). The molecule has 2 aromatic carbocycles. The lowest BCUT2D eigenvalue weighted by atomic mass is 10.1. The molecular formula is C16H17ClN2O2. The van der Waals surface area contributed by atoms with E-state index >= 15 is 0 Å².